The summed E-state index contributed by atoms with van der Waals surface area (Å²) >= 11 is 2.70. The van der Waals surface area contributed by atoms with E-state index >= 15 is 0 Å². The van der Waals surface area contributed by atoms with E-state index in [2.05, 4.69) is 5.32 Å². The Morgan fingerprint density at radius 1 is 0.938 bits per heavy atom. The number of para-hydroxylation sites is 1. The molecule has 3 aromatic carbocycles. The van der Waals surface area contributed by atoms with Crippen LogP contribution in [0, 0.1) is 42.3 Å². The van der Waals surface area contributed by atoms with E-state index < -0.39 is 17.7 Å². The third-order valence-electron chi connectivity index (χ3n) is 10.5. The third kappa shape index (κ3) is 4.63. The number of carbonyl (C=O) groups is 3. The molecule has 246 valence electrons. The van der Waals surface area contributed by atoms with Crippen molar-refractivity contribution in [1.82, 2.24) is 4.57 Å². The number of hydrogen-bond donors (Lipinski definition) is 1. The van der Waals surface area contributed by atoms with Gasteiger partial charge in [-0.2, -0.15) is 0 Å². The van der Waals surface area contributed by atoms with E-state index in [1.165, 1.54) is 29.2 Å². The monoisotopic (exact) mass is 685 g/mol. The molecule has 2 bridgehead atoms. The number of aromatic nitrogens is 1. The van der Waals surface area contributed by atoms with Gasteiger partial charge in [0.05, 0.1) is 36.8 Å². The summed E-state index contributed by atoms with van der Waals surface area (Å²) < 4.78 is 26.5. The van der Waals surface area contributed by atoms with Gasteiger partial charge in [-0.1, -0.05) is 35.6 Å². The van der Waals surface area contributed by atoms with E-state index in [-0.39, 0.29) is 58.1 Å². The zero-order chi connectivity index (χ0) is 33.4. The predicted molar refractivity (Wildman–Crippen MR) is 180 cm³/mol. The number of thiazole rings is 1. The summed E-state index contributed by atoms with van der Waals surface area (Å²) in [4.78, 5) is 56.9. The number of ether oxygens (including phenoxy) is 2. The van der Waals surface area contributed by atoms with Gasteiger partial charge in [0.1, 0.15) is 12.4 Å². The molecule has 0 spiro atoms. The van der Waals surface area contributed by atoms with Gasteiger partial charge in [0, 0.05) is 21.7 Å². The molecule has 3 fully saturated rings. The van der Waals surface area contributed by atoms with Crippen molar-refractivity contribution >= 4 is 52.2 Å². The second kappa shape index (κ2) is 11.6. The van der Waals surface area contributed by atoms with Gasteiger partial charge in [-0.3, -0.25) is 28.6 Å². The Morgan fingerprint density at radius 2 is 1.65 bits per heavy atom. The molecular formula is C36H32FN3O6S2. The number of hydrogen-bond acceptors (Lipinski definition) is 8. The maximum Gasteiger partial charge on any atom is 0.308 e. The second-order valence-corrected chi connectivity index (χ2v) is 15.0. The van der Waals surface area contributed by atoms with Gasteiger partial charge in [-0.05, 0) is 84.7 Å². The van der Waals surface area contributed by atoms with Crippen LogP contribution in [0.3, 0.4) is 0 Å². The number of fused-ring (bicyclic) bond motifs is 9. The molecule has 1 saturated heterocycles. The van der Waals surface area contributed by atoms with E-state index in [1.807, 2.05) is 49.4 Å². The molecule has 1 aromatic heterocycles. The molecule has 3 amide bonds. The lowest BCUT2D eigenvalue weighted by atomic mass is 9.68. The minimum Gasteiger partial charge on any atom is -0.493 e. The highest BCUT2D eigenvalue weighted by Gasteiger charge is 2.70. The SMILES string of the molecule is COc1ccc(C2c3sc(=O)n(CC(=O)Nc4ccccc4C)c3SC3C4CC(C5C(=O)N(c6ccc(F)cc6)C(=O)C45)C23)cc1OC. The maximum absolute atomic E-state index is 14.0. The van der Waals surface area contributed by atoms with Crippen LogP contribution < -0.4 is 24.6 Å². The summed E-state index contributed by atoms with van der Waals surface area (Å²) in [7, 11) is 3.14. The minimum atomic E-state index is -0.503. The van der Waals surface area contributed by atoms with Gasteiger partial charge in [0.15, 0.2) is 11.5 Å². The maximum atomic E-state index is 14.0. The van der Waals surface area contributed by atoms with Crippen LogP contribution in [0.2, 0.25) is 0 Å². The standard InChI is InChI=1S/C36H32FN3O6S2/c1-17-6-4-5-7-23(17)38-26(41)16-39-35-32(48-36(39)44)27(18-8-13-24(45-2)25(14-18)46-3)28-21-15-22(31(28)47-35)30-29(21)33(42)40(34(30)43)20-11-9-19(37)10-12-20/h4-14,21-22,27-31H,15-16H2,1-3H3,(H,38,41). The molecule has 8 rings (SSSR count). The number of benzene rings is 3. The van der Waals surface area contributed by atoms with Crippen LogP contribution in [-0.2, 0) is 20.9 Å². The average Bonchev–Trinajstić information content (AvgIpc) is 3.80. The first-order valence-electron chi connectivity index (χ1n) is 15.8. The highest BCUT2D eigenvalue weighted by Crippen LogP contribution is 2.69. The van der Waals surface area contributed by atoms with Crippen LogP contribution in [0.4, 0.5) is 15.8 Å². The smallest absolute Gasteiger partial charge is 0.308 e. The summed E-state index contributed by atoms with van der Waals surface area (Å²) in [5, 5.41) is 3.59. The number of thioether (sulfide) groups is 1. The number of anilines is 2. The number of aryl methyl sites for hydroxylation is 1. The van der Waals surface area contributed by atoms with Crippen molar-refractivity contribution in [3.05, 3.63) is 98.2 Å². The predicted octanol–water partition coefficient (Wildman–Crippen LogP) is 5.69. The first-order chi connectivity index (χ1) is 23.2. The van der Waals surface area contributed by atoms with E-state index in [9.17, 15) is 23.6 Å². The lowest BCUT2D eigenvalue weighted by Gasteiger charge is -2.43. The van der Waals surface area contributed by atoms with E-state index in [1.54, 1.807) is 30.5 Å². The molecule has 3 heterocycles. The summed E-state index contributed by atoms with van der Waals surface area (Å²) in [6.45, 7) is 1.75. The third-order valence-corrected chi connectivity index (χ3v) is 13.3. The van der Waals surface area contributed by atoms with Crippen molar-refractivity contribution in [2.24, 2.45) is 29.6 Å². The summed E-state index contributed by atoms with van der Waals surface area (Å²) in [6.07, 6.45) is 0.711. The van der Waals surface area contributed by atoms with Crippen molar-refractivity contribution in [1.29, 1.82) is 0 Å². The fourth-order valence-corrected chi connectivity index (χ4v) is 11.7. The lowest BCUT2D eigenvalue weighted by molar-refractivity contribution is -0.123. The molecule has 12 heteroatoms. The molecule has 4 aromatic rings. The molecule has 2 saturated carbocycles. The van der Waals surface area contributed by atoms with E-state index in [0.29, 0.717) is 29.3 Å². The number of rotatable bonds is 7. The number of carbonyl (C=O) groups excluding carboxylic acids is 3. The molecule has 2 aliphatic heterocycles. The molecule has 9 nitrogen and oxygen atoms in total. The highest BCUT2D eigenvalue weighted by molar-refractivity contribution is 8.00. The van der Waals surface area contributed by atoms with Crippen LogP contribution in [0.15, 0.2) is 76.6 Å². The Hall–Kier alpha value is -4.42. The first-order valence-corrected chi connectivity index (χ1v) is 17.5. The number of methoxy groups -OCH3 is 2. The number of nitrogens with zero attached hydrogens (tertiary/aromatic N) is 2. The molecular weight excluding hydrogens is 654 g/mol. The normalized spacial score (nSPS) is 26.7. The Labute approximate surface area is 284 Å². The first kappa shape index (κ1) is 30.9. The van der Waals surface area contributed by atoms with Crippen LogP contribution in [0.25, 0.3) is 0 Å². The Morgan fingerprint density at radius 3 is 2.35 bits per heavy atom. The minimum absolute atomic E-state index is 0.0518. The van der Waals surface area contributed by atoms with Crippen LogP contribution in [0.5, 0.6) is 11.5 Å². The van der Waals surface area contributed by atoms with Gasteiger partial charge in [-0.25, -0.2) is 4.39 Å². The van der Waals surface area contributed by atoms with Crippen LogP contribution in [0.1, 0.15) is 28.3 Å². The molecule has 7 unspecified atom stereocenters. The number of amides is 3. The summed E-state index contributed by atoms with van der Waals surface area (Å²) in [5.74, 6) is -1.69. The molecule has 4 aliphatic rings. The largest absolute Gasteiger partial charge is 0.493 e. The number of nitrogens with one attached hydrogen (secondary N) is 1. The number of imide groups is 1. The molecule has 7 atom stereocenters. The second-order valence-electron chi connectivity index (χ2n) is 12.8. The summed E-state index contributed by atoms with van der Waals surface area (Å²) in [5.41, 5.74) is 2.89. The van der Waals surface area contributed by atoms with Gasteiger partial charge in [-0.15, -0.1) is 11.8 Å². The lowest BCUT2D eigenvalue weighted by Crippen LogP contribution is -2.43. The zero-order valence-electron chi connectivity index (χ0n) is 26.3. The molecule has 48 heavy (non-hydrogen) atoms. The van der Waals surface area contributed by atoms with Crippen molar-refractivity contribution in [3.63, 3.8) is 0 Å². The van der Waals surface area contributed by atoms with Crippen molar-refractivity contribution in [3.8, 4) is 11.5 Å². The Balaban J connectivity index is 1.20. The van der Waals surface area contributed by atoms with Gasteiger partial charge in [0.2, 0.25) is 17.7 Å². The Kier molecular flexibility index (Phi) is 7.48. The van der Waals surface area contributed by atoms with Crippen molar-refractivity contribution in [2.45, 2.75) is 36.1 Å². The van der Waals surface area contributed by atoms with Crippen LogP contribution in [-0.4, -0.2) is 41.8 Å². The van der Waals surface area contributed by atoms with Gasteiger partial charge < -0.3 is 14.8 Å². The van der Waals surface area contributed by atoms with E-state index in [4.69, 9.17) is 9.47 Å². The zero-order valence-corrected chi connectivity index (χ0v) is 28.0. The molecule has 1 N–H and O–H groups in total. The fraction of sp³-hybridized carbons (Fsp3) is 0.333. The van der Waals surface area contributed by atoms with Crippen LogP contribution >= 0.6 is 23.1 Å². The number of halogens is 1. The molecule has 2 aliphatic carbocycles. The van der Waals surface area contributed by atoms with Crippen molar-refractivity contribution < 1.29 is 28.2 Å². The van der Waals surface area contributed by atoms with Gasteiger partial charge in [0.25, 0.3) is 0 Å². The summed E-state index contributed by atoms with van der Waals surface area (Å²) in [6, 6.07) is 18.7. The fourth-order valence-electron chi connectivity index (χ4n) is 8.57. The topological polar surface area (TPSA) is 107 Å². The quantitative estimate of drug-likeness (QED) is 0.249. The Bertz CT molecular complexity index is 2040. The van der Waals surface area contributed by atoms with E-state index in [0.717, 1.165) is 32.4 Å². The van der Waals surface area contributed by atoms with Gasteiger partial charge >= 0.3 is 4.87 Å². The highest BCUT2D eigenvalue weighted by atomic mass is 32.2. The molecule has 0 radical (unpaired) electrons. The average molecular weight is 686 g/mol. The van der Waals surface area contributed by atoms with Crippen molar-refractivity contribution in [2.75, 3.05) is 24.4 Å².